The van der Waals surface area contributed by atoms with E-state index in [2.05, 4.69) is 20.9 Å². The van der Waals surface area contributed by atoms with Crippen LogP contribution in [0.15, 0.2) is 10.5 Å². The predicted molar refractivity (Wildman–Crippen MR) is 126 cm³/mol. The second-order valence-electron chi connectivity index (χ2n) is 8.25. The van der Waals surface area contributed by atoms with E-state index in [0.29, 0.717) is 29.5 Å². The van der Waals surface area contributed by atoms with Crippen molar-refractivity contribution in [3.8, 4) is 0 Å². The standard InChI is InChI=1S/C20H21BrFIN4O4/c1-25(2)10-8-26(9-10)18-17(27(29)30)13(20(5-4-6-20)19(28)31-3)11-7-12(23)14(21)15(22)16(11)24-18/h7,10H,4-6,8-9H2,1-3H3. The summed E-state index contributed by atoms with van der Waals surface area (Å²) in [5, 5.41) is 12.6. The van der Waals surface area contributed by atoms with E-state index < -0.39 is 22.1 Å². The molecule has 1 aromatic heterocycles. The van der Waals surface area contributed by atoms with Gasteiger partial charge in [0, 0.05) is 28.1 Å². The van der Waals surface area contributed by atoms with E-state index in [4.69, 9.17) is 4.74 Å². The molecule has 1 aliphatic heterocycles. The SMILES string of the molecule is COC(=O)C1(c2c([N+](=O)[O-])c(N3CC(N(C)C)C3)nc3c(F)c(Br)c(I)cc23)CCC1. The Morgan fingerprint density at radius 3 is 2.58 bits per heavy atom. The van der Waals surface area contributed by atoms with Crippen molar-refractivity contribution in [1.82, 2.24) is 9.88 Å². The number of hydrogen-bond donors (Lipinski definition) is 0. The van der Waals surface area contributed by atoms with Crippen LogP contribution in [0.25, 0.3) is 10.9 Å². The van der Waals surface area contributed by atoms with E-state index in [9.17, 15) is 14.9 Å². The van der Waals surface area contributed by atoms with Gasteiger partial charge in [-0.25, -0.2) is 9.37 Å². The fourth-order valence-electron chi connectivity index (χ4n) is 4.40. The van der Waals surface area contributed by atoms with E-state index in [0.717, 1.165) is 6.42 Å². The van der Waals surface area contributed by atoms with Crippen molar-refractivity contribution >= 4 is 66.9 Å². The zero-order valence-corrected chi connectivity index (χ0v) is 21.0. The number of ether oxygens (including phenoxy) is 1. The summed E-state index contributed by atoms with van der Waals surface area (Å²) in [5.41, 5.74) is -1.17. The molecule has 0 N–H and O–H groups in total. The summed E-state index contributed by atoms with van der Waals surface area (Å²) in [7, 11) is 5.15. The number of carbonyl (C=O) groups excluding carboxylic acids is 1. The van der Waals surface area contributed by atoms with Gasteiger partial charge in [0.15, 0.2) is 5.82 Å². The van der Waals surface area contributed by atoms with E-state index in [1.54, 1.807) is 11.0 Å². The predicted octanol–water partition coefficient (Wildman–Crippen LogP) is 3.99. The number of halogens is 3. The van der Waals surface area contributed by atoms with Crippen molar-refractivity contribution in [3.63, 3.8) is 0 Å². The highest BCUT2D eigenvalue weighted by atomic mass is 127. The van der Waals surface area contributed by atoms with Crippen LogP contribution in [0.5, 0.6) is 0 Å². The van der Waals surface area contributed by atoms with Gasteiger partial charge >= 0.3 is 11.7 Å². The van der Waals surface area contributed by atoms with E-state index in [-0.39, 0.29) is 38.5 Å². The molecule has 0 radical (unpaired) electrons. The molecular formula is C20H21BrFIN4O4. The van der Waals surface area contributed by atoms with Crippen molar-refractivity contribution in [1.29, 1.82) is 0 Å². The Labute approximate surface area is 200 Å². The zero-order chi connectivity index (χ0) is 22.7. The average Bonchev–Trinajstić information content (AvgIpc) is 2.64. The summed E-state index contributed by atoms with van der Waals surface area (Å²) in [4.78, 5) is 33.0. The molecule has 2 aromatic rings. The summed E-state index contributed by atoms with van der Waals surface area (Å²) in [5.74, 6) is -1.02. The molecule has 2 heterocycles. The van der Waals surface area contributed by atoms with Crippen LogP contribution in [-0.2, 0) is 14.9 Å². The molecule has 1 saturated heterocycles. The Bertz CT molecular complexity index is 1100. The van der Waals surface area contributed by atoms with Gasteiger partial charge in [-0.2, -0.15) is 0 Å². The zero-order valence-electron chi connectivity index (χ0n) is 17.2. The molecule has 11 heteroatoms. The summed E-state index contributed by atoms with van der Waals surface area (Å²) in [6, 6.07) is 1.87. The number of esters is 1. The molecule has 0 amide bonds. The first-order valence-corrected chi connectivity index (χ1v) is 11.7. The number of methoxy groups -OCH3 is 1. The van der Waals surface area contributed by atoms with Crippen molar-refractivity contribution in [2.75, 3.05) is 39.2 Å². The molecule has 2 aliphatic rings. The number of fused-ring (bicyclic) bond motifs is 1. The van der Waals surface area contributed by atoms with Crippen molar-refractivity contribution in [2.24, 2.45) is 0 Å². The van der Waals surface area contributed by atoms with Crippen LogP contribution in [0.3, 0.4) is 0 Å². The molecule has 2 fully saturated rings. The Kier molecular flexibility index (Phi) is 5.88. The lowest BCUT2D eigenvalue weighted by Gasteiger charge is -2.44. The molecule has 1 aromatic carbocycles. The number of nitrogens with zero attached hydrogens (tertiary/aromatic N) is 4. The molecule has 31 heavy (non-hydrogen) atoms. The van der Waals surface area contributed by atoms with Crippen LogP contribution in [0, 0.1) is 19.5 Å². The van der Waals surface area contributed by atoms with Gasteiger partial charge in [0.05, 0.1) is 22.1 Å². The third kappa shape index (κ3) is 3.39. The summed E-state index contributed by atoms with van der Waals surface area (Å²) in [6.45, 7) is 1.06. The van der Waals surface area contributed by atoms with Gasteiger partial charge in [-0.3, -0.25) is 14.9 Å². The minimum atomic E-state index is -1.18. The lowest BCUT2D eigenvalue weighted by Crippen LogP contribution is -2.58. The molecule has 0 unspecified atom stereocenters. The normalized spacial score (nSPS) is 18.1. The summed E-state index contributed by atoms with van der Waals surface area (Å²) >= 11 is 5.21. The Balaban J connectivity index is 2.07. The third-order valence-corrected chi connectivity index (χ3v) is 8.78. The molecular weight excluding hydrogens is 586 g/mol. The maximum Gasteiger partial charge on any atom is 0.316 e. The van der Waals surface area contributed by atoms with Crippen LogP contribution in [-0.4, -0.2) is 61.1 Å². The van der Waals surface area contributed by atoms with Crippen LogP contribution in [0.4, 0.5) is 15.9 Å². The number of anilines is 1. The number of carbonyl (C=O) groups is 1. The first-order chi connectivity index (χ1) is 14.6. The van der Waals surface area contributed by atoms with E-state index >= 15 is 4.39 Å². The smallest absolute Gasteiger partial charge is 0.316 e. The van der Waals surface area contributed by atoms with Crippen LogP contribution in [0.1, 0.15) is 24.8 Å². The highest BCUT2D eigenvalue weighted by Crippen LogP contribution is 2.53. The van der Waals surface area contributed by atoms with Crippen LogP contribution < -0.4 is 4.90 Å². The second-order valence-corrected chi connectivity index (χ2v) is 10.2. The minimum Gasteiger partial charge on any atom is -0.468 e. The molecule has 8 nitrogen and oxygen atoms in total. The highest BCUT2D eigenvalue weighted by Gasteiger charge is 2.53. The number of nitro groups is 1. The van der Waals surface area contributed by atoms with Gasteiger partial charge in [-0.15, -0.1) is 0 Å². The molecule has 0 bridgehead atoms. The lowest BCUT2D eigenvalue weighted by atomic mass is 9.63. The van der Waals surface area contributed by atoms with Gasteiger partial charge in [-0.05, 0) is 71.5 Å². The van der Waals surface area contributed by atoms with Crippen molar-refractivity contribution in [3.05, 3.63) is 35.6 Å². The van der Waals surface area contributed by atoms with Gasteiger partial charge in [0.25, 0.3) is 0 Å². The van der Waals surface area contributed by atoms with Gasteiger partial charge < -0.3 is 14.5 Å². The summed E-state index contributed by atoms with van der Waals surface area (Å²) < 4.78 is 21.2. The number of benzene rings is 1. The number of hydrogen-bond acceptors (Lipinski definition) is 7. The molecule has 166 valence electrons. The number of pyridine rings is 1. The summed E-state index contributed by atoms with van der Waals surface area (Å²) in [6.07, 6.45) is 1.55. The molecule has 1 saturated carbocycles. The Morgan fingerprint density at radius 1 is 1.45 bits per heavy atom. The second kappa shape index (κ2) is 8.07. The van der Waals surface area contributed by atoms with Crippen molar-refractivity contribution < 1.29 is 18.8 Å². The monoisotopic (exact) mass is 606 g/mol. The van der Waals surface area contributed by atoms with Crippen LogP contribution >= 0.6 is 38.5 Å². The Morgan fingerprint density at radius 2 is 2.10 bits per heavy atom. The topological polar surface area (TPSA) is 88.8 Å². The van der Waals surface area contributed by atoms with Gasteiger partial charge in [0.1, 0.15) is 10.9 Å². The van der Waals surface area contributed by atoms with Crippen LogP contribution in [0.2, 0.25) is 0 Å². The average molecular weight is 607 g/mol. The maximum absolute atomic E-state index is 15.3. The number of likely N-dealkylation sites (N-methyl/N-ethyl adjacent to an activating group) is 1. The highest BCUT2D eigenvalue weighted by molar-refractivity contribution is 14.1. The number of aromatic nitrogens is 1. The molecule has 4 rings (SSSR count). The molecule has 0 atom stereocenters. The minimum absolute atomic E-state index is 0.0198. The Hall–Kier alpha value is -1.60. The fraction of sp³-hybridized carbons (Fsp3) is 0.500. The first kappa shape index (κ1) is 22.6. The molecule has 1 aliphatic carbocycles. The van der Waals surface area contributed by atoms with E-state index in [1.165, 1.54) is 7.11 Å². The lowest BCUT2D eigenvalue weighted by molar-refractivity contribution is -0.385. The molecule has 0 spiro atoms. The van der Waals surface area contributed by atoms with Crippen molar-refractivity contribution in [2.45, 2.75) is 30.7 Å². The number of rotatable bonds is 5. The van der Waals surface area contributed by atoms with Gasteiger partial charge in [0.2, 0.25) is 5.82 Å². The first-order valence-electron chi connectivity index (χ1n) is 9.78. The van der Waals surface area contributed by atoms with Gasteiger partial charge in [-0.1, -0.05) is 6.42 Å². The maximum atomic E-state index is 15.3. The third-order valence-electron chi connectivity index (χ3n) is 6.41. The quantitative estimate of drug-likeness (QED) is 0.167. The fourth-order valence-corrected chi connectivity index (χ4v) is 5.25. The largest absolute Gasteiger partial charge is 0.468 e. The van der Waals surface area contributed by atoms with E-state index in [1.807, 2.05) is 41.6 Å².